The molecule has 4 rings (SSSR count). The first-order valence-corrected chi connectivity index (χ1v) is 11.6. The highest BCUT2D eigenvalue weighted by molar-refractivity contribution is 7.99. The van der Waals surface area contributed by atoms with Crippen LogP contribution in [0.2, 0.25) is 5.02 Å². The molecule has 166 valence electrons. The van der Waals surface area contributed by atoms with Gasteiger partial charge in [-0.3, -0.25) is 14.2 Å². The summed E-state index contributed by atoms with van der Waals surface area (Å²) in [7, 11) is 1.65. The number of benzene rings is 2. The van der Waals surface area contributed by atoms with Crippen LogP contribution in [0.3, 0.4) is 0 Å². The Balaban J connectivity index is 1.58. The fraction of sp³-hybridized carbons (Fsp3) is 0.304. The largest absolute Gasteiger partial charge is 0.328 e. The quantitative estimate of drug-likeness (QED) is 0.488. The van der Waals surface area contributed by atoms with Crippen LogP contribution < -0.4 is 0 Å². The Morgan fingerprint density at radius 2 is 1.97 bits per heavy atom. The van der Waals surface area contributed by atoms with Crippen molar-refractivity contribution in [2.45, 2.75) is 36.4 Å². The summed E-state index contributed by atoms with van der Waals surface area (Å²) in [6, 6.07) is 13.5. The van der Waals surface area contributed by atoms with E-state index in [2.05, 4.69) is 10.2 Å². The summed E-state index contributed by atoms with van der Waals surface area (Å²) in [6.07, 6.45) is 3.95. The van der Waals surface area contributed by atoms with Crippen LogP contribution in [0.5, 0.6) is 0 Å². The summed E-state index contributed by atoms with van der Waals surface area (Å²) in [5.74, 6) is -0.646. The van der Waals surface area contributed by atoms with Gasteiger partial charge < -0.3 is 4.90 Å². The van der Waals surface area contributed by atoms with Crippen LogP contribution in [-0.2, 0) is 15.1 Å². The van der Waals surface area contributed by atoms with Gasteiger partial charge in [0, 0.05) is 24.1 Å². The number of rotatable bonds is 6. The number of nitrogens with zero attached hydrogens (tertiary/aromatic N) is 4. The van der Waals surface area contributed by atoms with Gasteiger partial charge in [-0.05, 0) is 37.5 Å². The standard InChI is InChI=1S/C23H22ClFN4O2S/c1-28(23(13-7-6-12-20(23)30)16-8-2-3-9-17(16)24)21(31)14-32-22-27-26-15-29(22)19-11-5-4-10-18(19)25/h2-5,8-11,15H,6-7,12-14H2,1H3/t23-/m1/s1. The minimum Gasteiger partial charge on any atom is -0.328 e. The van der Waals surface area contributed by atoms with Gasteiger partial charge in [0.2, 0.25) is 5.91 Å². The van der Waals surface area contributed by atoms with Crippen molar-refractivity contribution in [3.05, 3.63) is 71.3 Å². The first-order chi connectivity index (χ1) is 15.4. The van der Waals surface area contributed by atoms with Crippen LogP contribution in [0.1, 0.15) is 31.2 Å². The topological polar surface area (TPSA) is 68.1 Å². The van der Waals surface area contributed by atoms with E-state index in [1.807, 2.05) is 12.1 Å². The van der Waals surface area contributed by atoms with E-state index < -0.39 is 11.4 Å². The molecule has 0 aliphatic heterocycles. The summed E-state index contributed by atoms with van der Waals surface area (Å²) >= 11 is 7.61. The van der Waals surface area contributed by atoms with Gasteiger partial charge in [-0.25, -0.2) is 4.39 Å². The van der Waals surface area contributed by atoms with Gasteiger partial charge in [0.05, 0.1) is 11.4 Å². The van der Waals surface area contributed by atoms with E-state index in [-0.39, 0.29) is 17.4 Å². The van der Waals surface area contributed by atoms with Gasteiger partial charge in [-0.1, -0.05) is 53.7 Å². The monoisotopic (exact) mass is 472 g/mol. The Hall–Kier alpha value is -2.71. The van der Waals surface area contributed by atoms with Crippen LogP contribution in [0, 0.1) is 5.82 Å². The molecular weight excluding hydrogens is 451 g/mol. The Bertz CT molecular complexity index is 1150. The molecule has 0 bridgehead atoms. The lowest BCUT2D eigenvalue weighted by Crippen LogP contribution is -2.54. The number of ketones is 1. The number of aromatic nitrogens is 3. The molecule has 0 radical (unpaired) electrons. The Kier molecular flexibility index (Phi) is 6.62. The van der Waals surface area contributed by atoms with Crippen molar-refractivity contribution in [2.24, 2.45) is 0 Å². The minimum atomic E-state index is -1.09. The second kappa shape index (κ2) is 9.42. The lowest BCUT2D eigenvalue weighted by atomic mass is 9.74. The van der Waals surface area contributed by atoms with Crippen molar-refractivity contribution in [1.82, 2.24) is 19.7 Å². The smallest absolute Gasteiger partial charge is 0.233 e. The molecular formula is C23H22ClFN4O2S. The molecule has 2 aromatic carbocycles. The van der Waals surface area contributed by atoms with E-state index in [0.29, 0.717) is 34.3 Å². The van der Waals surface area contributed by atoms with Gasteiger partial charge >= 0.3 is 0 Å². The number of halogens is 2. The number of Topliss-reactive ketones (excluding diaryl/α,β-unsaturated/α-hetero) is 1. The van der Waals surface area contributed by atoms with E-state index in [1.54, 1.807) is 37.4 Å². The van der Waals surface area contributed by atoms with Gasteiger partial charge in [0.15, 0.2) is 10.9 Å². The maximum Gasteiger partial charge on any atom is 0.233 e. The summed E-state index contributed by atoms with van der Waals surface area (Å²) in [6.45, 7) is 0. The van der Waals surface area contributed by atoms with Crippen molar-refractivity contribution in [1.29, 1.82) is 0 Å². The molecule has 0 N–H and O–H groups in total. The van der Waals surface area contributed by atoms with Crippen LogP contribution >= 0.6 is 23.4 Å². The minimum absolute atomic E-state index is 0.00720. The number of amides is 1. The molecule has 32 heavy (non-hydrogen) atoms. The molecule has 1 atom stereocenters. The van der Waals surface area contributed by atoms with E-state index in [9.17, 15) is 14.0 Å². The number of carbonyl (C=O) groups is 2. The fourth-order valence-corrected chi connectivity index (χ4v) is 5.33. The van der Waals surface area contributed by atoms with Gasteiger partial charge in [0.25, 0.3) is 0 Å². The highest BCUT2D eigenvalue weighted by Crippen LogP contribution is 2.42. The summed E-state index contributed by atoms with van der Waals surface area (Å²) < 4.78 is 15.7. The first-order valence-electron chi connectivity index (χ1n) is 10.3. The van der Waals surface area contributed by atoms with Crippen molar-refractivity contribution in [2.75, 3.05) is 12.8 Å². The molecule has 1 fully saturated rings. The lowest BCUT2D eigenvalue weighted by Gasteiger charge is -2.44. The molecule has 1 heterocycles. The molecule has 1 aliphatic rings. The summed E-state index contributed by atoms with van der Waals surface area (Å²) in [5.41, 5.74) is -0.134. The molecule has 1 aromatic heterocycles. The van der Waals surface area contributed by atoms with E-state index in [4.69, 9.17) is 11.6 Å². The van der Waals surface area contributed by atoms with E-state index in [1.165, 1.54) is 21.9 Å². The second-order valence-corrected chi connectivity index (χ2v) is 9.00. The number of carbonyl (C=O) groups excluding carboxylic acids is 2. The van der Waals surface area contributed by atoms with Crippen molar-refractivity contribution in [3.63, 3.8) is 0 Å². The summed E-state index contributed by atoms with van der Waals surface area (Å²) in [5, 5.41) is 8.75. The number of para-hydroxylation sites is 1. The number of likely N-dealkylation sites (N-methyl/N-ethyl adjacent to an activating group) is 1. The first kappa shape index (κ1) is 22.5. The second-order valence-electron chi connectivity index (χ2n) is 7.65. The molecule has 1 saturated carbocycles. The normalized spacial score (nSPS) is 18.5. The summed E-state index contributed by atoms with van der Waals surface area (Å²) in [4.78, 5) is 28.0. The average Bonchev–Trinajstić information content (AvgIpc) is 3.26. The number of thioether (sulfide) groups is 1. The van der Waals surface area contributed by atoms with E-state index in [0.717, 1.165) is 24.6 Å². The van der Waals surface area contributed by atoms with Crippen molar-refractivity contribution in [3.8, 4) is 5.69 Å². The third kappa shape index (κ3) is 4.04. The van der Waals surface area contributed by atoms with Gasteiger partial charge in [-0.15, -0.1) is 10.2 Å². The average molecular weight is 473 g/mol. The van der Waals surface area contributed by atoms with Crippen LogP contribution in [-0.4, -0.2) is 44.2 Å². The lowest BCUT2D eigenvalue weighted by molar-refractivity contribution is -0.146. The maximum absolute atomic E-state index is 14.2. The zero-order valence-electron chi connectivity index (χ0n) is 17.5. The third-order valence-corrected chi connectivity index (χ3v) is 7.13. The maximum atomic E-state index is 14.2. The van der Waals surface area contributed by atoms with Gasteiger partial charge in [-0.2, -0.15) is 0 Å². The fourth-order valence-electron chi connectivity index (χ4n) is 4.20. The Morgan fingerprint density at radius 1 is 1.22 bits per heavy atom. The zero-order valence-corrected chi connectivity index (χ0v) is 19.1. The Morgan fingerprint density at radius 3 is 2.72 bits per heavy atom. The van der Waals surface area contributed by atoms with E-state index >= 15 is 0 Å². The van der Waals surface area contributed by atoms with Crippen molar-refractivity contribution >= 4 is 35.1 Å². The molecule has 9 heteroatoms. The predicted octanol–water partition coefficient (Wildman–Crippen LogP) is 4.65. The molecule has 0 saturated heterocycles. The molecule has 0 unspecified atom stereocenters. The molecule has 6 nitrogen and oxygen atoms in total. The van der Waals surface area contributed by atoms with Gasteiger partial charge in [0.1, 0.15) is 17.7 Å². The molecule has 1 amide bonds. The molecule has 1 aliphatic carbocycles. The number of hydrogen-bond donors (Lipinski definition) is 0. The Labute approximate surface area is 194 Å². The zero-order chi connectivity index (χ0) is 22.7. The van der Waals surface area contributed by atoms with Crippen LogP contribution in [0.4, 0.5) is 4.39 Å². The highest BCUT2D eigenvalue weighted by atomic mass is 35.5. The van der Waals surface area contributed by atoms with Crippen molar-refractivity contribution < 1.29 is 14.0 Å². The highest BCUT2D eigenvalue weighted by Gasteiger charge is 2.47. The SMILES string of the molecule is CN(C(=O)CSc1nncn1-c1ccccc1F)[C@@]1(c2ccccc2Cl)CCCCC1=O. The van der Waals surface area contributed by atoms with Crippen LogP contribution in [0.15, 0.2) is 60.0 Å². The molecule has 0 spiro atoms. The third-order valence-electron chi connectivity index (χ3n) is 5.87. The van der Waals surface area contributed by atoms with Crippen LogP contribution in [0.25, 0.3) is 5.69 Å². The predicted molar refractivity (Wildman–Crippen MR) is 121 cm³/mol. The molecule has 3 aromatic rings. The number of hydrogen-bond acceptors (Lipinski definition) is 5.